The average Bonchev–Trinajstić information content (AvgIpc) is 3.41. The van der Waals surface area contributed by atoms with Crippen LogP contribution in [-0.2, 0) is 4.79 Å². The van der Waals surface area contributed by atoms with Crippen molar-refractivity contribution in [2.24, 2.45) is 0 Å². The van der Waals surface area contributed by atoms with Gasteiger partial charge in [-0.15, -0.1) is 0 Å². The van der Waals surface area contributed by atoms with Crippen LogP contribution in [0, 0.1) is 0 Å². The van der Waals surface area contributed by atoms with Gasteiger partial charge in [0.1, 0.15) is 29.2 Å². The molecule has 1 saturated heterocycles. The van der Waals surface area contributed by atoms with Gasteiger partial charge in [-0.05, 0) is 50.8 Å². The van der Waals surface area contributed by atoms with E-state index in [0.29, 0.717) is 12.6 Å². The van der Waals surface area contributed by atoms with Crippen molar-refractivity contribution in [1.82, 2.24) is 25.1 Å². The van der Waals surface area contributed by atoms with E-state index in [0.717, 1.165) is 72.6 Å². The zero-order chi connectivity index (χ0) is 22.4. The summed E-state index contributed by atoms with van der Waals surface area (Å²) in [6, 6.07) is 8.37. The molecule has 0 unspecified atom stereocenters. The minimum absolute atomic E-state index is 0.0357. The monoisotopic (exact) mass is 446 g/mol. The number of carbonyl (C=O) groups excluding carboxylic acids is 1. The molecule has 3 aliphatic rings. The molecule has 2 aromatic heterocycles. The molecule has 0 bridgehead atoms. The number of rotatable bonds is 5. The van der Waals surface area contributed by atoms with Crippen molar-refractivity contribution in [1.29, 1.82) is 0 Å². The third-order valence-electron chi connectivity index (χ3n) is 7.34. The van der Waals surface area contributed by atoms with Gasteiger partial charge in [0, 0.05) is 30.6 Å². The number of nitrogens with one attached hydrogen (secondary N) is 1. The number of ether oxygens (including phenoxy) is 1. The number of anilines is 1. The van der Waals surface area contributed by atoms with E-state index in [4.69, 9.17) is 4.74 Å². The van der Waals surface area contributed by atoms with E-state index in [-0.39, 0.29) is 11.5 Å². The van der Waals surface area contributed by atoms with Gasteiger partial charge in [0.05, 0.1) is 17.8 Å². The molecule has 33 heavy (non-hydrogen) atoms. The molecule has 3 aromatic rings. The number of aromatic amines is 1. The molecule has 172 valence electrons. The van der Waals surface area contributed by atoms with Crippen LogP contribution < -0.4 is 9.64 Å². The molecular weight excluding hydrogens is 416 g/mol. The highest BCUT2D eigenvalue weighted by Gasteiger charge is 2.40. The summed E-state index contributed by atoms with van der Waals surface area (Å²) in [6.07, 6.45) is 9.78. The van der Waals surface area contributed by atoms with Crippen LogP contribution in [0.4, 0.5) is 5.82 Å². The molecule has 8 nitrogen and oxygen atoms in total. The number of H-pyrrole nitrogens is 1. The van der Waals surface area contributed by atoms with Gasteiger partial charge in [0.2, 0.25) is 5.91 Å². The summed E-state index contributed by atoms with van der Waals surface area (Å²) in [5, 5.41) is 8.60. The zero-order valence-electron chi connectivity index (χ0n) is 19.1. The van der Waals surface area contributed by atoms with Gasteiger partial charge in [-0.25, -0.2) is 9.97 Å². The quantitative estimate of drug-likeness (QED) is 0.639. The number of nitrogens with zero attached hydrogens (tertiary/aromatic N) is 5. The van der Waals surface area contributed by atoms with Gasteiger partial charge < -0.3 is 14.5 Å². The summed E-state index contributed by atoms with van der Waals surface area (Å²) < 4.78 is 6.15. The molecular formula is C25H30N6O2. The summed E-state index contributed by atoms with van der Waals surface area (Å²) in [4.78, 5) is 26.1. The number of aromatic nitrogens is 4. The maximum absolute atomic E-state index is 12.9. The maximum Gasteiger partial charge on any atom is 0.242 e. The predicted octanol–water partition coefficient (Wildman–Crippen LogP) is 3.93. The average molecular weight is 447 g/mol. The fourth-order valence-corrected chi connectivity index (χ4v) is 5.12. The van der Waals surface area contributed by atoms with Gasteiger partial charge in [-0.1, -0.05) is 19.3 Å². The second-order valence-corrected chi connectivity index (χ2v) is 9.89. The van der Waals surface area contributed by atoms with Crippen LogP contribution in [0.25, 0.3) is 22.3 Å². The Bertz CT molecular complexity index is 1180. The molecule has 1 N–H and O–H groups in total. The number of benzene rings is 1. The number of amides is 1. The SMILES string of the molecule is CC1(Oc2ccc3[nH]nc(-c4cc(N5CCN(C6CCCCC6)C(=O)C5)ncn4)c3c2)CC1. The van der Waals surface area contributed by atoms with Crippen molar-refractivity contribution < 1.29 is 9.53 Å². The van der Waals surface area contributed by atoms with Crippen molar-refractivity contribution in [2.45, 2.75) is 63.5 Å². The number of piperazine rings is 1. The molecule has 6 rings (SSSR count). The predicted molar refractivity (Wildman–Crippen MR) is 126 cm³/mol. The molecule has 8 heteroatoms. The molecule has 0 radical (unpaired) electrons. The molecule has 3 heterocycles. The summed E-state index contributed by atoms with van der Waals surface area (Å²) in [5.41, 5.74) is 2.41. The first-order valence-corrected chi connectivity index (χ1v) is 12.1. The number of fused-ring (bicyclic) bond motifs is 1. The first-order chi connectivity index (χ1) is 16.1. The number of hydrogen-bond donors (Lipinski definition) is 1. The van der Waals surface area contributed by atoms with E-state index in [2.05, 4.69) is 36.9 Å². The van der Waals surface area contributed by atoms with Crippen LogP contribution >= 0.6 is 0 Å². The highest BCUT2D eigenvalue weighted by atomic mass is 16.5. The smallest absolute Gasteiger partial charge is 0.242 e. The number of hydrogen-bond acceptors (Lipinski definition) is 6. The topological polar surface area (TPSA) is 87.2 Å². The summed E-state index contributed by atoms with van der Waals surface area (Å²) in [6.45, 7) is 4.05. The van der Waals surface area contributed by atoms with Crippen LogP contribution in [0.5, 0.6) is 5.75 Å². The summed E-state index contributed by atoms with van der Waals surface area (Å²) in [5.74, 6) is 1.82. The second kappa shape index (κ2) is 8.01. The van der Waals surface area contributed by atoms with Crippen molar-refractivity contribution in [2.75, 3.05) is 24.5 Å². The van der Waals surface area contributed by atoms with E-state index in [9.17, 15) is 4.79 Å². The van der Waals surface area contributed by atoms with Gasteiger partial charge in [-0.2, -0.15) is 5.10 Å². The lowest BCUT2D eigenvalue weighted by Gasteiger charge is -2.40. The first-order valence-electron chi connectivity index (χ1n) is 12.1. The largest absolute Gasteiger partial charge is 0.488 e. The Kier molecular flexibility index (Phi) is 4.96. The zero-order valence-corrected chi connectivity index (χ0v) is 19.1. The van der Waals surface area contributed by atoms with E-state index in [1.807, 2.05) is 24.3 Å². The lowest BCUT2D eigenvalue weighted by atomic mass is 9.93. The van der Waals surface area contributed by atoms with Gasteiger partial charge in [-0.3, -0.25) is 9.89 Å². The third kappa shape index (κ3) is 4.03. The normalized spacial score (nSPS) is 20.9. The lowest BCUT2D eigenvalue weighted by Crippen LogP contribution is -2.54. The molecule has 1 aliphatic heterocycles. The van der Waals surface area contributed by atoms with E-state index in [1.54, 1.807) is 6.33 Å². The molecule has 3 fully saturated rings. The molecule has 2 aliphatic carbocycles. The van der Waals surface area contributed by atoms with Crippen molar-refractivity contribution in [3.05, 3.63) is 30.6 Å². The van der Waals surface area contributed by atoms with Crippen LogP contribution in [0.2, 0.25) is 0 Å². The van der Waals surface area contributed by atoms with Crippen molar-refractivity contribution in [3.8, 4) is 17.1 Å². The van der Waals surface area contributed by atoms with E-state index in [1.165, 1.54) is 19.3 Å². The van der Waals surface area contributed by atoms with Crippen LogP contribution in [0.1, 0.15) is 51.9 Å². The summed E-state index contributed by atoms with van der Waals surface area (Å²) in [7, 11) is 0. The fraction of sp³-hybridized carbons (Fsp3) is 0.520. The van der Waals surface area contributed by atoms with Gasteiger partial charge >= 0.3 is 0 Å². The lowest BCUT2D eigenvalue weighted by molar-refractivity contribution is -0.134. The second-order valence-electron chi connectivity index (χ2n) is 9.89. The van der Waals surface area contributed by atoms with Crippen molar-refractivity contribution >= 4 is 22.6 Å². The Morgan fingerprint density at radius 2 is 1.94 bits per heavy atom. The van der Waals surface area contributed by atoms with Crippen molar-refractivity contribution in [3.63, 3.8) is 0 Å². The van der Waals surface area contributed by atoms with Gasteiger partial charge in [0.15, 0.2) is 0 Å². The van der Waals surface area contributed by atoms with E-state index >= 15 is 0 Å². The highest BCUT2D eigenvalue weighted by molar-refractivity contribution is 5.93. The molecule has 1 amide bonds. The number of carbonyl (C=O) groups is 1. The van der Waals surface area contributed by atoms with E-state index < -0.39 is 0 Å². The molecule has 1 aromatic carbocycles. The Hall–Kier alpha value is -3.16. The summed E-state index contributed by atoms with van der Waals surface area (Å²) >= 11 is 0. The Balaban J connectivity index is 1.23. The highest BCUT2D eigenvalue weighted by Crippen LogP contribution is 2.40. The van der Waals surface area contributed by atoms with Crippen LogP contribution in [0.3, 0.4) is 0 Å². The molecule has 0 atom stereocenters. The minimum atomic E-state index is -0.0357. The Morgan fingerprint density at radius 1 is 1.09 bits per heavy atom. The minimum Gasteiger partial charge on any atom is -0.488 e. The Morgan fingerprint density at radius 3 is 2.73 bits per heavy atom. The third-order valence-corrected chi connectivity index (χ3v) is 7.34. The van der Waals surface area contributed by atoms with Crippen LogP contribution in [0.15, 0.2) is 30.6 Å². The van der Waals surface area contributed by atoms with Gasteiger partial charge in [0.25, 0.3) is 0 Å². The maximum atomic E-state index is 12.9. The Labute approximate surface area is 193 Å². The molecule has 2 saturated carbocycles. The first kappa shape index (κ1) is 20.4. The standard InChI is InChI=1S/C25H30N6O2/c1-25(9-10-25)33-18-7-8-20-19(13-18)24(29-28-20)21-14-22(27-16-26-21)30-11-12-31(23(32)15-30)17-5-3-2-4-6-17/h7-8,13-14,16-17H,2-6,9-12,15H2,1H3,(H,28,29). The fourth-order valence-electron chi connectivity index (χ4n) is 5.12. The molecule has 0 spiro atoms. The van der Waals surface area contributed by atoms with Crippen LogP contribution in [-0.4, -0.2) is 62.2 Å².